The lowest BCUT2D eigenvalue weighted by atomic mass is 10.2. The summed E-state index contributed by atoms with van der Waals surface area (Å²) >= 11 is 7.64. The van der Waals surface area contributed by atoms with Crippen LogP contribution in [-0.2, 0) is 16.4 Å². The number of nitrogens with zero attached hydrogens (tertiary/aromatic N) is 1. The van der Waals surface area contributed by atoms with Crippen LogP contribution in [-0.4, -0.2) is 20.7 Å². The van der Waals surface area contributed by atoms with E-state index in [1.165, 1.54) is 4.31 Å². The molecular weight excluding hydrogens is 338 g/mol. The normalized spacial score (nSPS) is 14.7. The third-order valence-electron chi connectivity index (χ3n) is 3.66. The van der Waals surface area contributed by atoms with Gasteiger partial charge in [-0.1, -0.05) is 30.7 Å². The Morgan fingerprint density at radius 3 is 2.59 bits per heavy atom. The zero-order chi connectivity index (χ0) is 15.7. The highest BCUT2D eigenvalue weighted by Gasteiger charge is 2.29. The van der Waals surface area contributed by atoms with Crippen molar-refractivity contribution in [2.75, 3.05) is 16.6 Å². The number of anilines is 1. The van der Waals surface area contributed by atoms with Crippen LogP contribution in [0.4, 0.5) is 5.69 Å². The fourth-order valence-electron chi connectivity index (χ4n) is 2.44. The van der Waals surface area contributed by atoms with Crippen LogP contribution in [0.25, 0.3) is 0 Å². The van der Waals surface area contributed by atoms with Gasteiger partial charge in [0.15, 0.2) is 0 Å². The van der Waals surface area contributed by atoms with Crippen molar-refractivity contribution >= 4 is 39.1 Å². The maximum absolute atomic E-state index is 12.9. The number of thioether (sulfide) groups is 1. The maximum atomic E-state index is 12.9. The van der Waals surface area contributed by atoms with Crippen LogP contribution < -0.4 is 4.31 Å². The molecule has 0 saturated heterocycles. The molecule has 3 rings (SSSR count). The highest BCUT2D eigenvalue weighted by molar-refractivity contribution is 8.00. The Morgan fingerprint density at radius 2 is 1.91 bits per heavy atom. The summed E-state index contributed by atoms with van der Waals surface area (Å²) in [6.45, 7) is 2.52. The molecule has 0 aromatic heterocycles. The maximum Gasteiger partial charge on any atom is 0.264 e. The lowest BCUT2D eigenvalue weighted by molar-refractivity contribution is 0.591. The van der Waals surface area contributed by atoms with Crippen LogP contribution in [0.2, 0.25) is 5.02 Å². The zero-order valence-corrected chi connectivity index (χ0v) is 14.5. The van der Waals surface area contributed by atoms with Crippen molar-refractivity contribution in [1.29, 1.82) is 0 Å². The minimum atomic E-state index is -3.54. The van der Waals surface area contributed by atoms with Gasteiger partial charge in [-0.05, 0) is 42.3 Å². The number of sulfonamides is 1. The van der Waals surface area contributed by atoms with Crippen LogP contribution in [0.1, 0.15) is 12.5 Å². The predicted octanol–water partition coefficient (Wildman–Crippen LogP) is 4.20. The molecule has 22 heavy (non-hydrogen) atoms. The number of hydrogen-bond acceptors (Lipinski definition) is 3. The van der Waals surface area contributed by atoms with Crippen molar-refractivity contribution in [2.45, 2.75) is 23.1 Å². The van der Waals surface area contributed by atoms with E-state index in [4.69, 9.17) is 11.6 Å². The Balaban J connectivity index is 2.03. The lowest BCUT2D eigenvalue weighted by Gasteiger charge is -2.30. The molecule has 0 saturated carbocycles. The molecule has 0 radical (unpaired) electrons. The molecule has 6 heteroatoms. The van der Waals surface area contributed by atoms with E-state index in [0.717, 1.165) is 22.6 Å². The standard InChI is InChI=1S/C16H16ClNO2S2/c1-2-12-3-6-14(7-4-12)22(19,20)18-9-10-21-16-11-13(17)5-8-15(16)18/h3-8,11H,2,9-10H2,1H3. The molecule has 0 fully saturated rings. The van der Waals surface area contributed by atoms with Crippen molar-refractivity contribution < 1.29 is 8.42 Å². The molecule has 0 bridgehead atoms. The predicted molar refractivity (Wildman–Crippen MR) is 92.5 cm³/mol. The highest BCUT2D eigenvalue weighted by Crippen LogP contribution is 2.39. The fourth-order valence-corrected chi connectivity index (χ4v) is 5.37. The van der Waals surface area contributed by atoms with E-state index in [0.29, 0.717) is 22.2 Å². The summed E-state index contributed by atoms with van der Waals surface area (Å²) in [6, 6.07) is 12.4. The monoisotopic (exact) mass is 353 g/mol. The number of hydrogen-bond donors (Lipinski definition) is 0. The third kappa shape index (κ3) is 2.85. The second-order valence-corrected chi connectivity index (χ2v) is 8.47. The van der Waals surface area contributed by atoms with E-state index in [1.807, 2.05) is 25.1 Å². The summed E-state index contributed by atoms with van der Waals surface area (Å²) in [5.74, 6) is 0.722. The quantitative estimate of drug-likeness (QED) is 0.829. The number of benzene rings is 2. The molecule has 0 atom stereocenters. The molecule has 0 amide bonds. The summed E-state index contributed by atoms with van der Waals surface area (Å²) in [5.41, 5.74) is 1.83. The summed E-state index contributed by atoms with van der Waals surface area (Å²) < 4.78 is 27.3. The molecule has 0 unspecified atom stereocenters. The minimum absolute atomic E-state index is 0.331. The third-order valence-corrected chi connectivity index (χ3v) is 6.75. The number of fused-ring (bicyclic) bond motifs is 1. The SMILES string of the molecule is CCc1ccc(S(=O)(=O)N2CCSc3cc(Cl)ccc32)cc1. The summed E-state index contributed by atoms with van der Waals surface area (Å²) in [5, 5.41) is 0.623. The molecule has 1 aliphatic heterocycles. The van der Waals surface area contributed by atoms with E-state index in [9.17, 15) is 8.42 Å². The van der Waals surface area contributed by atoms with Crippen LogP contribution in [0.3, 0.4) is 0 Å². The topological polar surface area (TPSA) is 37.4 Å². The largest absolute Gasteiger partial charge is 0.264 e. The van der Waals surface area contributed by atoms with Crippen LogP contribution in [0.5, 0.6) is 0 Å². The Bertz CT molecular complexity index is 788. The first-order valence-electron chi connectivity index (χ1n) is 7.06. The number of aryl methyl sites for hydroxylation is 1. The van der Waals surface area contributed by atoms with Crippen LogP contribution in [0, 0.1) is 0 Å². The minimum Gasteiger partial charge on any atom is -0.264 e. The van der Waals surface area contributed by atoms with Gasteiger partial charge in [-0.2, -0.15) is 0 Å². The molecule has 0 spiro atoms. The smallest absolute Gasteiger partial charge is 0.264 e. The van der Waals surface area contributed by atoms with Gasteiger partial charge in [-0.15, -0.1) is 11.8 Å². The number of halogens is 1. The van der Waals surface area contributed by atoms with Gasteiger partial charge in [0.1, 0.15) is 0 Å². The van der Waals surface area contributed by atoms with Crippen molar-refractivity contribution in [2.24, 2.45) is 0 Å². The second-order valence-electron chi connectivity index (χ2n) is 5.04. The number of rotatable bonds is 3. The van der Waals surface area contributed by atoms with Crippen LogP contribution in [0.15, 0.2) is 52.3 Å². The van der Waals surface area contributed by atoms with Crippen molar-refractivity contribution in [3.8, 4) is 0 Å². The van der Waals surface area contributed by atoms with Gasteiger partial charge in [-0.25, -0.2) is 8.42 Å². The Labute approximate surface area is 140 Å². The zero-order valence-electron chi connectivity index (χ0n) is 12.1. The molecule has 1 aliphatic rings. The molecule has 0 aliphatic carbocycles. The molecular formula is C16H16ClNO2S2. The van der Waals surface area contributed by atoms with E-state index in [1.54, 1.807) is 36.0 Å². The van der Waals surface area contributed by atoms with Gasteiger partial charge in [-0.3, -0.25) is 4.31 Å². The first kappa shape index (κ1) is 15.7. The molecule has 0 N–H and O–H groups in total. The van der Waals surface area contributed by atoms with Crippen molar-refractivity contribution in [3.63, 3.8) is 0 Å². The Hall–Kier alpha value is -1.17. The van der Waals surface area contributed by atoms with E-state index >= 15 is 0 Å². The molecule has 116 valence electrons. The van der Waals surface area contributed by atoms with Crippen molar-refractivity contribution in [1.82, 2.24) is 0 Å². The summed E-state index contributed by atoms with van der Waals surface area (Å²) in [4.78, 5) is 1.24. The summed E-state index contributed by atoms with van der Waals surface area (Å²) in [7, 11) is -3.54. The molecule has 3 nitrogen and oxygen atoms in total. The highest BCUT2D eigenvalue weighted by atomic mass is 35.5. The second kappa shape index (κ2) is 6.14. The first-order chi connectivity index (χ1) is 10.5. The van der Waals surface area contributed by atoms with Gasteiger partial charge in [0.05, 0.1) is 10.6 Å². The molecule has 2 aromatic rings. The lowest BCUT2D eigenvalue weighted by Crippen LogP contribution is -2.35. The molecule has 1 heterocycles. The van der Waals surface area contributed by atoms with E-state index in [-0.39, 0.29) is 0 Å². The van der Waals surface area contributed by atoms with Gasteiger partial charge in [0, 0.05) is 22.2 Å². The van der Waals surface area contributed by atoms with E-state index < -0.39 is 10.0 Å². The average Bonchev–Trinajstić information content (AvgIpc) is 2.54. The average molecular weight is 354 g/mol. The fraction of sp³-hybridized carbons (Fsp3) is 0.250. The van der Waals surface area contributed by atoms with Gasteiger partial charge >= 0.3 is 0 Å². The van der Waals surface area contributed by atoms with Gasteiger partial charge in [0.25, 0.3) is 10.0 Å². The van der Waals surface area contributed by atoms with Crippen LogP contribution >= 0.6 is 23.4 Å². The van der Waals surface area contributed by atoms with Gasteiger partial charge < -0.3 is 0 Å². The summed E-state index contributed by atoms with van der Waals surface area (Å²) in [6.07, 6.45) is 0.891. The first-order valence-corrected chi connectivity index (χ1v) is 9.87. The Kier molecular flexibility index (Phi) is 4.39. The van der Waals surface area contributed by atoms with Crippen molar-refractivity contribution in [3.05, 3.63) is 53.1 Å². The van der Waals surface area contributed by atoms with E-state index in [2.05, 4.69) is 0 Å². The Morgan fingerprint density at radius 1 is 1.18 bits per heavy atom. The molecule has 2 aromatic carbocycles. The van der Waals surface area contributed by atoms with Gasteiger partial charge in [0.2, 0.25) is 0 Å².